The first-order valence-corrected chi connectivity index (χ1v) is 5.85. The van der Waals surface area contributed by atoms with Gasteiger partial charge in [0.2, 0.25) is 0 Å². The highest BCUT2D eigenvalue weighted by atomic mass is 16.5. The number of hydrogen-bond donors (Lipinski definition) is 2. The maximum atomic E-state index is 9.76. The molecule has 94 valence electrons. The topological polar surface area (TPSA) is 44.7 Å². The molecule has 0 radical (unpaired) electrons. The lowest BCUT2D eigenvalue weighted by molar-refractivity contribution is 0.0347. The first kappa shape index (κ1) is 12.2. The maximum absolute atomic E-state index is 9.76. The predicted molar refractivity (Wildman–Crippen MR) is 67.4 cm³/mol. The molecule has 0 unspecified atom stereocenters. The van der Waals surface area contributed by atoms with Crippen LogP contribution >= 0.6 is 0 Å². The standard InChI is InChI=1S/C13H20N2O2/c1-13(8-14-9-13)17-11-4-5-12(16)10(6-11)7-15(2)3/h4-6,14,16H,7-9H2,1-3H3. The second kappa shape index (κ2) is 4.55. The van der Waals surface area contributed by atoms with E-state index in [2.05, 4.69) is 12.2 Å². The predicted octanol–water partition coefficient (Wildman–Crippen LogP) is 1.19. The van der Waals surface area contributed by atoms with Gasteiger partial charge in [-0.25, -0.2) is 0 Å². The minimum atomic E-state index is -0.105. The molecule has 1 aromatic carbocycles. The molecule has 1 aromatic rings. The van der Waals surface area contributed by atoms with Gasteiger partial charge in [0.15, 0.2) is 0 Å². The second-order valence-corrected chi connectivity index (χ2v) is 5.18. The lowest BCUT2D eigenvalue weighted by Crippen LogP contribution is -2.61. The molecule has 0 bridgehead atoms. The number of aromatic hydroxyl groups is 1. The third-order valence-electron chi connectivity index (χ3n) is 2.90. The highest BCUT2D eigenvalue weighted by Gasteiger charge is 2.33. The fraction of sp³-hybridized carbons (Fsp3) is 0.538. The van der Waals surface area contributed by atoms with Crippen molar-refractivity contribution in [2.24, 2.45) is 0 Å². The Labute approximate surface area is 102 Å². The van der Waals surface area contributed by atoms with E-state index in [-0.39, 0.29) is 5.60 Å². The molecule has 0 saturated carbocycles. The number of phenolic OH excluding ortho intramolecular Hbond substituents is 1. The summed E-state index contributed by atoms with van der Waals surface area (Å²) in [4.78, 5) is 2.02. The molecule has 2 rings (SSSR count). The van der Waals surface area contributed by atoms with E-state index in [4.69, 9.17) is 4.74 Å². The second-order valence-electron chi connectivity index (χ2n) is 5.18. The summed E-state index contributed by atoms with van der Waals surface area (Å²) in [5, 5.41) is 13.0. The summed E-state index contributed by atoms with van der Waals surface area (Å²) in [6.45, 7) is 4.54. The Morgan fingerprint density at radius 1 is 1.41 bits per heavy atom. The fourth-order valence-corrected chi connectivity index (χ4v) is 1.93. The van der Waals surface area contributed by atoms with Crippen molar-refractivity contribution in [3.05, 3.63) is 23.8 Å². The van der Waals surface area contributed by atoms with E-state index < -0.39 is 0 Å². The van der Waals surface area contributed by atoms with Crippen LogP contribution in [0.2, 0.25) is 0 Å². The minimum Gasteiger partial charge on any atom is -0.508 e. The van der Waals surface area contributed by atoms with E-state index in [1.54, 1.807) is 6.07 Å². The van der Waals surface area contributed by atoms with Crippen molar-refractivity contribution in [3.63, 3.8) is 0 Å². The minimum absolute atomic E-state index is 0.105. The molecule has 2 N–H and O–H groups in total. The van der Waals surface area contributed by atoms with Crippen LogP contribution in [0, 0.1) is 0 Å². The third kappa shape index (κ3) is 2.90. The average molecular weight is 236 g/mol. The summed E-state index contributed by atoms with van der Waals surface area (Å²) in [6, 6.07) is 5.43. The Morgan fingerprint density at radius 2 is 2.12 bits per heavy atom. The van der Waals surface area contributed by atoms with Gasteiger partial charge in [-0.2, -0.15) is 0 Å². The lowest BCUT2D eigenvalue weighted by atomic mass is 10.00. The summed E-state index contributed by atoms with van der Waals surface area (Å²) in [7, 11) is 3.95. The molecule has 0 aliphatic carbocycles. The third-order valence-corrected chi connectivity index (χ3v) is 2.90. The highest BCUT2D eigenvalue weighted by molar-refractivity contribution is 5.39. The van der Waals surface area contributed by atoms with Gasteiger partial charge in [0.05, 0.1) is 0 Å². The van der Waals surface area contributed by atoms with Gasteiger partial charge in [-0.05, 0) is 39.2 Å². The van der Waals surface area contributed by atoms with Crippen LogP contribution in [0.3, 0.4) is 0 Å². The van der Waals surface area contributed by atoms with E-state index in [0.29, 0.717) is 12.3 Å². The van der Waals surface area contributed by atoms with E-state index in [1.165, 1.54) is 0 Å². The number of ether oxygens (including phenoxy) is 1. The van der Waals surface area contributed by atoms with Crippen molar-refractivity contribution in [1.82, 2.24) is 10.2 Å². The molecule has 0 amide bonds. The summed E-state index contributed by atoms with van der Waals surface area (Å²) >= 11 is 0. The van der Waals surface area contributed by atoms with Gasteiger partial charge in [-0.3, -0.25) is 0 Å². The number of phenols is 1. The van der Waals surface area contributed by atoms with E-state index in [1.807, 2.05) is 31.1 Å². The average Bonchev–Trinajstić information content (AvgIpc) is 2.20. The Kier molecular flexibility index (Phi) is 3.26. The highest BCUT2D eigenvalue weighted by Crippen LogP contribution is 2.27. The number of nitrogens with one attached hydrogen (secondary N) is 1. The van der Waals surface area contributed by atoms with E-state index in [9.17, 15) is 5.11 Å². The van der Waals surface area contributed by atoms with Gasteiger partial charge < -0.3 is 20.1 Å². The van der Waals surface area contributed by atoms with Gasteiger partial charge in [0.1, 0.15) is 17.1 Å². The van der Waals surface area contributed by atoms with E-state index in [0.717, 1.165) is 24.4 Å². The largest absolute Gasteiger partial charge is 0.508 e. The Balaban J connectivity index is 2.12. The number of nitrogens with zero attached hydrogens (tertiary/aromatic N) is 1. The number of hydrogen-bond acceptors (Lipinski definition) is 4. The zero-order valence-electron chi connectivity index (χ0n) is 10.7. The van der Waals surface area contributed by atoms with Crippen LogP contribution < -0.4 is 10.1 Å². The maximum Gasteiger partial charge on any atom is 0.131 e. The van der Waals surface area contributed by atoms with Crippen molar-refractivity contribution in [3.8, 4) is 11.5 Å². The zero-order chi connectivity index (χ0) is 12.5. The molecule has 0 atom stereocenters. The van der Waals surface area contributed by atoms with Crippen LogP contribution in [0.15, 0.2) is 18.2 Å². The molecule has 1 heterocycles. The monoisotopic (exact) mass is 236 g/mol. The van der Waals surface area contributed by atoms with Gasteiger partial charge >= 0.3 is 0 Å². The first-order chi connectivity index (χ1) is 7.98. The molecule has 0 spiro atoms. The van der Waals surface area contributed by atoms with Crippen LogP contribution in [-0.2, 0) is 6.54 Å². The van der Waals surface area contributed by atoms with Crippen molar-refractivity contribution >= 4 is 0 Å². The Bertz CT molecular complexity index is 400. The summed E-state index contributed by atoms with van der Waals surface area (Å²) in [6.07, 6.45) is 0. The Morgan fingerprint density at radius 3 is 2.65 bits per heavy atom. The molecule has 0 aromatic heterocycles. The zero-order valence-corrected chi connectivity index (χ0v) is 10.7. The molecule has 17 heavy (non-hydrogen) atoms. The van der Waals surface area contributed by atoms with Gasteiger partial charge in [0, 0.05) is 25.2 Å². The molecule has 1 fully saturated rings. The van der Waals surface area contributed by atoms with Crippen molar-refractivity contribution in [2.45, 2.75) is 19.1 Å². The van der Waals surface area contributed by atoms with Crippen LogP contribution in [0.25, 0.3) is 0 Å². The van der Waals surface area contributed by atoms with Crippen LogP contribution in [0.1, 0.15) is 12.5 Å². The lowest BCUT2D eigenvalue weighted by Gasteiger charge is -2.39. The number of rotatable bonds is 4. The SMILES string of the molecule is CN(C)Cc1cc(OC2(C)CNC2)ccc1O. The van der Waals surface area contributed by atoms with Crippen molar-refractivity contribution < 1.29 is 9.84 Å². The van der Waals surface area contributed by atoms with Gasteiger partial charge in [-0.15, -0.1) is 0 Å². The molecule has 4 nitrogen and oxygen atoms in total. The quantitative estimate of drug-likeness (QED) is 0.824. The summed E-state index contributed by atoms with van der Waals surface area (Å²) in [5.74, 6) is 1.14. The van der Waals surface area contributed by atoms with Crippen LogP contribution in [0.4, 0.5) is 0 Å². The Hall–Kier alpha value is -1.26. The molecule has 1 aliphatic rings. The smallest absolute Gasteiger partial charge is 0.131 e. The van der Waals surface area contributed by atoms with Crippen LogP contribution in [0.5, 0.6) is 11.5 Å². The molecule has 1 saturated heterocycles. The normalized spacial score (nSPS) is 17.9. The van der Waals surface area contributed by atoms with Crippen LogP contribution in [-0.4, -0.2) is 42.8 Å². The first-order valence-electron chi connectivity index (χ1n) is 5.85. The number of benzene rings is 1. The summed E-state index contributed by atoms with van der Waals surface area (Å²) in [5.41, 5.74) is 0.787. The van der Waals surface area contributed by atoms with Gasteiger partial charge in [0.25, 0.3) is 0 Å². The molecular formula is C13H20N2O2. The molecule has 4 heteroatoms. The van der Waals surface area contributed by atoms with Crippen molar-refractivity contribution in [2.75, 3.05) is 27.2 Å². The molecule has 1 aliphatic heterocycles. The summed E-state index contributed by atoms with van der Waals surface area (Å²) < 4.78 is 5.92. The molecular weight excluding hydrogens is 216 g/mol. The van der Waals surface area contributed by atoms with Gasteiger partial charge in [-0.1, -0.05) is 0 Å². The van der Waals surface area contributed by atoms with E-state index >= 15 is 0 Å². The van der Waals surface area contributed by atoms with Crippen molar-refractivity contribution in [1.29, 1.82) is 0 Å². The fourth-order valence-electron chi connectivity index (χ4n) is 1.93.